The number of piperidine rings is 1. The van der Waals surface area contributed by atoms with Crippen molar-refractivity contribution in [2.75, 3.05) is 13.1 Å². The van der Waals surface area contributed by atoms with Crippen molar-refractivity contribution >= 4 is 11.7 Å². The van der Waals surface area contributed by atoms with Crippen LogP contribution in [0.4, 0.5) is 4.39 Å². The Balaban J connectivity index is 1.81. The molecule has 1 aromatic carbocycles. The van der Waals surface area contributed by atoms with Gasteiger partial charge in [0.1, 0.15) is 5.82 Å². The number of Topliss-reactive ketones (excluding diaryl/α,β-unsaturated/α-hetero) is 1. The third-order valence-electron chi connectivity index (χ3n) is 4.34. The molecule has 5 nitrogen and oxygen atoms in total. The number of nitrogens with zero attached hydrogens (tertiary/aromatic N) is 1. The van der Waals surface area contributed by atoms with Crippen LogP contribution in [0, 0.1) is 11.7 Å². The Morgan fingerprint density at radius 2 is 2.05 bits per heavy atom. The van der Waals surface area contributed by atoms with Gasteiger partial charge in [-0.05, 0) is 12.5 Å². The molecule has 3 rings (SSSR count). The lowest BCUT2D eigenvalue weighted by Gasteiger charge is -2.35. The van der Waals surface area contributed by atoms with Crippen LogP contribution in [-0.4, -0.2) is 35.7 Å². The number of hydrogen-bond donors (Lipinski definition) is 2. The summed E-state index contributed by atoms with van der Waals surface area (Å²) in [5.41, 5.74) is 6.91. The van der Waals surface area contributed by atoms with Crippen molar-refractivity contribution in [1.29, 1.82) is 0 Å². The van der Waals surface area contributed by atoms with Crippen molar-refractivity contribution in [2.24, 2.45) is 5.92 Å². The van der Waals surface area contributed by atoms with Crippen molar-refractivity contribution in [1.82, 2.24) is 15.8 Å². The van der Waals surface area contributed by atoms with Crippen LogP contribution in [-0.2, 0) is 9.59 Å². The highest BCUT2D eigenvalue weighted by molar-refractivity contribution is 6.35. The first-order valence-electron chi connectivity index (χ1n) is 7.13. The summed E-state index contributed by atoms with van der Waals surface area (Å²) < 4.78 is 14.0. The highest BCUT2D eigenvalue weighted by atomic mass is 19.1. The van der Waals surface area contributed by atoms with Gasteiger partial charge in [0.2, 0.25) is 5.78 Å². The Labute approximate surface area is 122 Å². The molecule has 3 unspecified atom stereocenters. The summed E-state index contributed by atoms with van der Waals surface area (Å²) in [5.74, 6) is -1.10. The van der Waals surface area contributed by atoms with E-state index < -0.39 is 11.7 Å². The quantitative estimate of drug-likeness (QED) is 0.791. The highest BCUT2D eigenvalue weighted by Crippen LogP contribution is 2.34. The van der Waals surface area contributed by atoms with E-state index in [2.05, 4.69) is 10.9 Å². The second kappa shape index (κ2) is 5.54. The summed E-state index contributed by atoms with van der Waals surface area (Å²) in [6.07, 6.45) is 0.752. The number of ketones is 1. The minimum atomic E-state index is -0.451. The molecule has 3 atom stereocenters. The van der Waals surface area contributed by atoms with Crippen LogP contribution in [0.25, 0.3) is 0 Å². The molecule has 0 saturated carbocycles. The molecule has 2 heterocycles. The Morgan fingerprint density at radius 1 is 1.29 bits per heavy atom. The number of benzene rings is 1. The molecule has 112 valence electrons. The second-order valence-electron chi connectivity index (χ2n) is 5.65. The lowest BCUT2D eigenvalue weighted by Crippen LogP contribution is -2.49. The van der Waals surface area contributed by atoms with Gasteiger partial charge in [0, 0.05) is 37.5 Å². The number of rotatable bonds is 2. The fraction of sp³-hybridized carbons (Fsp3) is 0.467. The Bertz CT molecular complexity index is 578. The predicted octanol–water partition coefficient (Wildman–Crippen LogP) is 0.781. The standard InChI is InChI=1S/C15H18FN3O2/c1-9(20)15(21)19-7-6-13-11(8-19)14(18-17-13)10-4-2-3-5-12(10)16/h2-5,11,13-14,17-18H,6-8H2,1H3. The van der Waals surface area contributed by atoms with Gasteiger partial charge in [-0.2, -0.15) is 0 Å². The molecule has 0 aliphatic carbocycles. The molecule has 1 amide bonds. The van der Waals surface area contributed by atoms with Crippen LogP contribution in [0.1, 0.15) is 24.9 Å². The summed E-state index contributed by atoms with van der Waals surface area (Å²) in [6, 6.07) is 6.64. The van der Waals surface area contributed by atoms with Crippen molar-refractivity contribution in [2.45, 2.75) is 25.4 Å². The van der Waals surface area contributed by atoms with Gasteiger partial charge >= 0.3 is 0 Å². The van der Waals surface area contributed by atoms with E-state index in [0.29, 0.717) is 18.7 Å². The van der Waals surface area contributed by atoms with Gasteiger partial charge in [0.25, 0.3) is 5.91 Å². The second-order valence-corrected chi connectivity index (χ2v) is 5.65. The summed E-state index contributed by atoms with van der Waals surface area (Å²) in [5, 5.41) is 0. The maximum absolute atomic E-state index is 14.0. The number of likely N-dealkylation sites (tertiary alicyclic amines) is 1. The summed E-state index contributed by atoms with van der Waals surface area (Å²) in [4.78, 5) is 24.7. The molecule has 1 aromatic rings. The smallest absolute Gasteiger partial charge is 0.289 e. The Kier molecular flexibility index (Phi) is 3.73. The van der Waals surface area contributed by atoms with Crippen molar-refractivity contribution < 1.29 is 14.0 Å². The molecule has 0 radical (unpaired) electrons. The van der Waals surface area contributed by atoms with Gasteiger partial charge in [-0.25, -0.2) is 9.82 Å². The van der Waals surface area contributed by atoms with E-state index in [1.165, 1.54) is 13.0 Å². The van der Waals surface area contributed by atoms with Gasteiger partial charge in [-0.3, -0.25) is 15.0 Å². The fourth-order valence-corrected chi connectivity index (χ4v) is 3.25. The number of hydrogen-bond acceptors (Lipinski definition) is 4. The average molecular weight is 291 g/mol. The van der Waals surface area contributed by atoms with E-state index in [0.717, 1.165) is 6.42 Å². The van der Waals surface area contributed by atoms with Crippen LogP contribution in [0.2, 0.25) is 0 Å². The number of amides is 1. The van der Waals surface area contributed by atoms with Crippen LogP contribution >= 0.6 is 0 Å². The first-order valence-corrected chi connectivity index (χ1v) is 7.13. The van der Waals surface area contributed by atoms with Crippen molar-refractivity contribution in [3.05, 3.63) is 35.6 Å². The lowest BCUT2D eigenvalue weighted by atomic mass is 9.85. The van der Waals surface area contributed by atoms with Gasteiger partial charge in [-0.15, -0.1) is 0 Å². The summed E-state index contributed by atoms with van der Waals surface area (Å²) in [7, 11) is 0. The summed E-state index contributed by atoms with van der Waals surface area (Å²) in [6.45, 7) is 2.30. The first-order chi connectivity index (χ1) is 10.1. The molecular weight excluding hydrogens is 273 g/mol. The van der Waals surface area contributed by atoms with E-state index in [9.17, 15) is 14.0 Å². The monoisotopic (exact) mass is 291 g/mol. The van der Waals surface area contributed by atoms with Gasteiger partial charge in [0.05, 0.1) is 6.04 Å². The van der Waals surface area contributed by atoms with Crippen LogP contribution < -0.4 is 10.9 Å². The third-order valence-corrected chi connectivity index (χ3v) is 4.34. The van der Waals surface area contributed by atoms with E-state index in [4.69, 9.17) is 0 Å². The molecule has 2 N–H and O–H groups in total. The number of hydrazine groups is 1. The van der Waals surface area contributed by atoms with E-state index in [1.807, 2.05) is 0 Å². The van der Waals surface area contributed by atoms with E-state index in [1.54, 1.807) is 23.1 Å². The zero-order valence-corrected chi connectivity index (χ0v) is 11.8. The fourth-order valence-electron chi connectivity index (χ4n) is 3.25. The minimum absolute atomic E-state index is 0.0546. The maximum atomic E-state index is 14.0. The number of carbonyl (C=O) groups excluding carboxylic acids is 2. The zero-order chi connectivity index (χ0) is 15.0. The normalized spacial score (nSPS) is 28.3. The lowest BCUT2D eigenvalue weighted by molar-refractivity contribution is -0.145. The third kappa shape index (κ3) is 2.56. The van der Waals surface area contributed by atoms with E-state index >= 15 is 0 Å². The molecule has 2 saturated heterocycles. The van der Waals surface area contributed by atoms with Crippen molar-refractivity contribution in [3.63, 3.8) is 0 Å². The molecule has 2 aliphatic heterocycles. The van der Waals surface area contributed by atoms with Crippen LogP contribution in [0.15, 0.2) is 24.3 Å². The van der Waals surface area contributed by atoms with Crippen LogP contribution in [0.3, 0.4) is 0 Å². The largest absolute Gasteiger partial charge is 0.336 e. The van der Waals surface area contributed by atoms with E-state index in [-0.39, 0.29) is 23.8 Å². The predicted molar refractivity (Wildman–Crippen MR) is 74.6 cm³/mol. The molecule has 2 fully saturated rings. The highest BCUT2D eigenvalue weighted by Gasteiger charge is 2.42. The average Bonchev–Trinajstić information content (AvgIpc) is 2.89. The topological polar surface area (TPSA) is 61.4 Å². The number of fused-ring (bicyclic) bond motifs is 1. The number of carbonyl (C=O) groups is 2. The molecule has 0 aromatic heterocycles. The molecule has 6 heteroatoms. The van der Waals surface area contributed by atoms with Gasteiger partial charge in [0.15, 0.2) is 0 Å². The van der Waals surface area contributed by atoms with Crippen molar-refractivity contribution in [3.8, 4) is 0 Å². The minimum Gasteiger partial charge on any atom is -0.336 e. The molecule has 21 heavy (non-hydrogen) atoms. The Hall–Kier alpha value is -1.79. The number of halogens is 1. The van der Waals surface area contributed by atoms with Crippen LogP contribution in [0.5, 0.6) is 0 Å². The molecule has 0 spiro atoms. The molecule has 2 aliphatic rings. The molecule has 0 bridgehead atoms. The Morgan fingerprint density at radius 3 is 2.76 bits per heavy atom. The van der Waals surface area contributed by atoms with Gasteiger partial charge < -0.3 is 4.90 Å². The molecular formula is C15H18FN3O2. The van der Waals surface area contributed by atoms with Gasteiger partial charge in [-0.1, -0.05) is 18.2 Å². The maximum Gasteiger partial charge on any atom is 0.289 e. The number of nitrogens with one attached hydrogen (secondary N) is 2. The SMILES string of the molecule is CC(=O)C(=O)N1CCC2NNC(c3ccccc3F)C2C1. The summed E-state index contributed by atoms with van der Waals surface area (Å²) >= 11 is 0. The first kappa shape index (κ1) is 14.2. The zero-order valence-electron chi connectivity index (χ0n) is 11.8.